The summed E-state index contributed by atoms with van der Waals surface area (Å²) < 4.78 is 5.45. The summed E-state index contributed by atoms with van der Waals surface area (Å²) in [4.78, 5) is 2.45. The highest BCUT2D eigenvalue weighted by Gasteiger charge is 2.26. The number of hydrogen-bond donors (Lipinski definition) is 0. The first-order valence-corrected chi connectivity index (χ1v) is 5.53. The highest BCUT2D eigenvalue weighted by molar-refractivity contribution is 4.86. The molecule has 3 heteroatoms. The molecule has 0 aromatic heterocycles. The van der Waals surface area contributed by atoms with Gasteiger partial charge in [0, 0.05) is 18.6 Å². The predicted octanol–water partition coefficient (Wildman–Crippen LogP) is 1.79. The normalized spacial score (nSPS) is 25.6. The number of hydrogen-bond acceptors (Lipinski definition) is 3. The molecule has 0 radical (unpaired) electrons. The summed E-state index contributed by atoms with van der Waals surface area (Å²) in [5.41, 5.74) is 0. The van der Waals surface area contributed by atoms with Gasteiger partial charge in [-0.1, -0.05) is 13.8 Å². The zero-order chi connectivity index (χ0) is 10.4. The van der Waals surface area contributed by atoms with Crippen molar-refractivity contribution in [3.05, 3.63) is 0 Å². The van der Waals surface area contributed by atoms with Crippen molar-refractivity contribution in [2.45, 2.75) is 45.2 Å². The lowest BCUT2D eigenvalue weighted by molar-refractivity contribution is -0.0299. The molecule has 3 nitrogen and oxygen atoms in total. The molecule has 0 amide bonds. The fourth-order valence-electron chi connectivity index (χ4n) is 2.10. The van der Waals surface area contributed by atoms with Gasteiger partial charge >= 0.3 is 0 Å². The number of ether oxygens (including phenoxy) is 1. The topological polar surface area (TPSA) is 36.3 Å². The zero-order valence-corrected chi connectivity index (χ0v) is 9.20. The largest absolute Gasteiger partial charge is 0.378 e. The summed E-state index contributed by atoms with van der Waals surface area (Å²) >= 11 is 0. The lowest BCUT2D eigenvalue weighted by atomic mass is 10.0. The van der Waals surface area contributed by atoms with Crippen molar-refractivity contribution < 1.29 is 4.74 Å². The first-order chi connectivity index (χ1) is 6.83. The number of nitrogens with zero attached hydrogens (tertiary/aromatic N) is 2. The summed E-state index contributed by atoms with van der Waals surface area (Å²) in [6.45, 7) is 6.98. The summed E-state index contributed by atoms with van der Waals surface area (Å²) in [5.74, 6) is 0. The Morgan fingerprint density at radius 1 is 1.57 bits per heavy atom. The van der Waals surface area contributed by atoms with Crippen molar-refractivity contribution in [1.82, 2.24) is 4.90 Å². The van der Waals surface area contributed by atoms with Gasteiger partial charge in [-0.3, -0.25) is 4.90 Å². The minimum atomic E-state index is 0.425. The Morgan fingerprint density at radius 2 is 2.36 bits per heavy atom. The molecule has 0 N–H and O–H groups in total. The van der Waals surface area contributed by atoms with Gasteiger partial charge in [-0.05, 0) is 12.8 Å². The molecule has 1 fully saturated rings. The van der Waals surface area contributed by atoms with E-state index in [0.717, 1.165) is 32.6 Å². The maximum absolute atomic E-state index is 8.75. The second-order valence-corrected chi connectivity index (χ2v) is 3.80. The molecule has 14 heavy (non-hydrogen) atoms. The average Bonchev–Trinajstić information content (AvgIpc) is 2.26. The molecule has 1 rings (SSSR count). The van der Waals surface area contributed by atoms with Crippen LogP contribution in [0.5, 0.6) is 0 Å². The second-order valence-electron chi connectivity index (χ2n) is 3.80. The van der Waals surface area contributed by atoms with Crippen LogP contribution < -0.4 is 0 Å². The smallest absolute Gasteiger partial charge is 0.0638 e. The average molecular weight is 196 g/mol. The van der Waals surface area contributed by atoms with E-state index in [4.69, 9.17) is 10.00 Å². The van der Waals surface area contributed by atoms with Gasteiger partial charge in [0.2, 0.25) is 0 Å². The molecule has 2 unspecified atom stereocenters. The highest BCUT2D eigenvalue weighted by atomic mass is 16.5. The third-order valence-electron chi connectivity index (χ3n) is 3.01. The maximum atomic E-state index is 8.75. The van der Waals surface area contributed by atoms with Crippen LogP contribution in [-0.4, -0.2) is 36.7 Å². The molecule has 0 spiro atoms. The second kappa shape index (κ2) is 6.00. The van der Waals surface area contributed by atoms with Gasteiger partial charge in [0.15, 0.2) is 0 Å². The number of morpholine rings is 1. The predicted molar refractivity (Wildman–Crippen MR) is 55.9 cm³/mol. The van der Waals surface area contributed by atoms with Gasteiger partial charge in [-0.25, -0.2) is 0 Å². The molecule has 1 saturated heterocycles. The Labute approximate surface area is 86.6 Å². The van der Waals surface area contributed by atoms with Crippen LogP contribution in [-0.2, 0) is 4.74 Å². The van der Waals surface area contributed by atoms with E-state index in [1.165, 1.54) is 0 Å². The molecule has 80 valence electrons. The van der Waals surface area contributed by atoms with Crippen LogP contribution >= 0.6 is 0 Å². The summed E-state index contributed by atoms with van der Waals surface area (Å²) in [7, 11) is 0. The van der Waals surface area contributed by atoms with E-state index in [1.54, 1.807) is 0 Å². The monoisotopic (exact) mass is 196 g/mol. The van der Waals surface area contributed by atoms with Gasteiger partial charge < -0.3 is 4.74 Å². The van der Waals surface area contributed by atoms with E-state index in [-0.39, 0.29) is 0 Å². The minimum absolute atomic E-state index is 0.425. The third kappa shape index (κ3) is 2.70. The first-order valence-electron chi connectivity index (χ1n) is 5.53. The van der Waals surface area contributed by atoms with Gasteiger partial charge in [0.25, 0.3) is 0 Å². The van der Waals surface area contributed by atoms with Crippen molar-refractivity contribution in [2.24, 2.45) is 0 Å². The molecule has 1 aliphatic rings. The summed E-state index contributed by atoms with van der Waals surface area (Å²) in [6.07, 6.45) is 2.82. The van der Waals surface area contributed by atoms with E-state index < -0.39 is 0 Å². The Bertz CT molecular complexity index is 200. The minimum Gasteiger partial charge on any atom is -0.378 e. The summed E-state index contributed by atoms with van der Waals surface area (Å²) in [6, 6.07) is 3.22. The Balaban J connectivity index is 2.56. The third-order valence-corrected chi connectivity index (χ3v) is 3.01. The molecule has 2 atom stereocenters. The molecular weight excluding hydrogens is 176 g/mol. The van der Waals surface area contributed by atoms with Crippen LogP contribution in [0.2, 0.25) is 0 Å². The Hall–Kier alpha value is -0.590. The van der Waals surface area contributed by atoms with Crippen LogP contribution in [0.1, 0.15) is 33.1 Å². The molecule has 1 aliphatic heterocycles. The maximum Gasteiger partial charge on any atom is 0.0638 e. The van der Waals surface area contributed by atoms with Crippen molar-refractivity contribution in [3.63, 3.8) is 0 Å². The van der Waals surface area contributed by atoms with E-state index >= 15 is 0 Å². The Kier molecular flexibility index (Phi) is 4.92. The molecule has 0 saturated carbocycles. The van der Waals surface area contributed by atoms with E-state index in [1.807, 2.05) is 0 Å². The molecular formula is C11H20N2O. The Morgan fingerprint density at radius 3 is 2.93 bits per heavy atom. The van der Waals surface area contributed by atoms with Crippen LogP contribution in [0.25, 0.3) is 0 Å². The SMILES string of the molecule is CCC(CC#N)N1CCOCC1CC. The van der Waals surface area contributed by atoms with Crippen LogP contribution in [0.3, 0.4) is 0 Å². The fourth-order valence-corrected chi connectivity index (χ4v) is 2.10. The van der Waals surface area contributed by atoms with Crippen molar-refractivity contribution in [1.29, 1.82) is 5.26 Å². The van der Waals surface area contributed by atoms with E-state index in [2.05, 4.69) is 24.8 Å². The molecule has 0 aliphatic carbocycles. The summed E-state index contributed by atoms with van der Waals surface area (Å²) in [5, 5.41) is 8.75. The van der Waals surface area contributed by atoms with Crippen molar-refractivity contribution in [2.75, 3.05) is 19.8 Å². The number of nitriles is 1. The molecule has 1 heterocycles. The van der Waals surface area contributed by atoms with Crippen LogP contribution in [0.15, 0.2) is 0 Å². The van der Waals surface area contributed by atoms with Gasteiger partial charge in [0.05, 0.1) is 25.7 Å². The van der Waals surface area contributed by atoms with Gasteiger partial charge in [-0.15, -0.1) is 0 Å². The van der Waals surface area contributed by atoms with Crippen molar-refractivity contribution in [3.8, 4) is 6.07 Å². The first kappa shape index (κ1) is 11.5. The van der Waals surface area contributed by atoms with Crippen LogP contribution in [0.4, 0.5) is 0 Å². The molecule has 0 aromatic carbocycles. The lowest BCUT2D eigenvalue weighted by Gasteiger charge is -2.39. The standard InChI is InChI=1S/C11H20N2O/c1-3-10(5-6-12)13-7-8-14-9-11(13)4-2/h10-11H,3-5,7-9H2,1-2H3. The highest BCUT2D eigenvalue weighted by Crippen LogP contribution is 2.17. The molecule has 0 bridgehead atoms. The van der Waals surface area contributed by atoms with Crippen LogP contribution in [0, 0.1) is 11.3 Å². The molecule has 0 aromatic rings. The quantitative estimate of drug-likeness (QED) is 0.687. The van der Waals surface area contributed by atoms with Crippen molar-refractivity contribution >= 4 is 0 Å². The fraction of sp³-hybridized carbons (Fsp3) is 0.909. The number of rotatable bonds is 4. The van der Waals surface area contributed by atoms with Gasteiger partial charge in [-0.2, -0.15) is 5.26 Å². The van der Waals surface area contributed by atoms with Gasteiger partial charge in [0.1, 0.15) is 0 Å². The zero-order valence-electron chi connectivity index (χ0n) is 9.20. The van der Waals surface area contributed by atoms with E-state index in [0.29, 0.717) is 18.5 Å². The van der Waals surface area contributed by atoms with E-state index in [9.17, 15) is 0 Å². The lowest BCUT2D eigenvalue weighted by Crippen LogP contribution is -2.50.